The van der Waals surface area contributed by atoms with E-state index < -0.39 is 0 Å². The van der Waals surface area contributed by atoms with Gasteiger partial charge < -0.3 is 9.73 Å². The monoisotopic (exact) mass is 285 g/mol. The van der Waals surface area contributed by atoms with Crippen LogP contribution in [0.5, 0.6) is 0 Å². The number of hydrogen-bond donors (Lipinski definition) is 1. The molecule has 0 saturated carbocycles. The SMILES string of the molecule is CCCNC(c1ccc(C(C)(C)CC)cc1)c1ccco1. The average Bonchev–Trinajstić information content (AvgIpc) is 3.02. The number of hydrogen-bond acceptors (Lipinski definition) is 2. The van der Waals surface area contributed by atoms with Crippen LogP contribution < -0.4 is 5.32 Å². The third-order valence-electron chi connectivity index (χ3n) is 4.34. The maximum absolute atomic E-state index is 5.60. The summed E-state index contributed by atoms with van der Waals surface area (Å²) in [5, 5.41) is 3.57. The van der Waals surface area contributed by atoms with E-state index in [0.29, 0.717) is 0 Å². The van der Waals surface area contributed by atoms with Crippen LogP contribution in [0.2, 0.25) is 0 Å². The third-order valence-corrected chi connectivity index (χ3v) is 4.34. The van der Waals surface area contributed by atoms with Gasteiger partial charge in [0.2, 0.25) is 0 Å². The molecule has 1 atom stereocenters. The van der Waals surface area contributed by atoms with Gasteiger partial charge in [-0.05, 0) is 48.1 Å². The van der Waals surface area contributed by atoms with Crippen molar-refractivity contribution < 1.29 is 4.42 Å². The summed E-state index contributed by atoms with van der Waals surface area (Å²) in [4.78, 5) is 0. The maximum atomic E-state index is 5.60. The van der Waals surface area contributed by atoms with Gasteiger partial charge in [0.05, 0.1) is 12.3 Å². The van der Waals surface area contributed by atoms with E-state index in [1.807, 2.05) is 12.1 Å². The van der Waals surface area contributed by atoms with E-state index in [0.717, 1.165) is 25.1 Å². The van der Waals surface area contributed by atoms with E-state index in [1.54, 1.807) is 6.26 Å². The molecule has 2 heteroatoms. The molecule has 0 bridgehead atoms. The molecule has 0 saturated heterocycles. The summed E-state index contributed by atoms with van der Waals surface area (Å²) < 4.78 is 5.60. The summed E-state index contributed by atoms with van der Waals surface area (Å²) in [6.45, 7) is 9.98. The first-order valence-electron chi connectivity index (χ1n) is 7.95. The molecular formula is C19H27NO. The van der Waals surface area contributed by atoms with Crippen molar-refractivity contribution in [2.75, 3.05) is 6.54 Å². The molecule has 1 N–H and O–H groups in total. The van der Waals surface area contributed by atoms with Crippen LogP contribution in [0.1, 0.15) is 63.5 Å². The normalized spacial score (nSPS) is 13.3. The van der Waals surface area contributed by atoms with Gasteiger partial charge in [-0.1, -0.05) is 52.0 Å². The molecule has 0 fully saturated rings. The van der Waals surface area contributed by atoms with Crippen molar-refractivity contribution in [2.24, 2.45) is 0 Å². The predicted molar refractivity (Wildman–Crippen MR) is 88.6 cm³/mol. The maximum Gasteiger partial charge on any atom is 0.125 e. The topological polar surface area (TPSA) is 25.2 Å². The Balaban J connectivity index is 2.25. The van der Waals surface area contributed by atoms with Gasteiger partial charge in [-0.15, -0.1) is 0 Å². The van der Waals surface area contributed by atoms with Crippen LogP contribution >= 0.6 is 0 Å². The van der Waals surface area contributed by atoms with Crippen LogP contribution in [0.3, 0.4) is 0 Å². The Kier molecular flexibility index (Phi) is 5.24. The highest BCUT2D eigenvalue weighted by Gasteiger charge is 2.20. The zero-order valence-corrected chi connectivity index (χ0v) is 13.6. The second-order valence-electron chi connectivity index (χ2n) is 6.26. The van der Waals surface area contributed by atoms with Crippen LogP contribution in [0, 0.1) is 0 Å². The lowest BCUT2D eigenvalue weighted by atomic mass is 9.82. The third kappa shape index (κ3) is 3.76. The van der Waals surface area contributed by atoms with E-state index in [9.17, 15) is 0 Å². The van der Waals surface area contributed by atoms with Crippen molar-refractivity contribution in [3.05, 3.63) is 59.5 Å². The van der Waals surface area contributed by atoms with Gasteiger partial charge in [0.15, 0.2) is 0 Å². The summed E-state index contributed by atoms with van der Waals surface area (Å²) in [5.41, 5.74) is 2.88. The smallest absolute Gasteiger partial charge is 0.125 e. The van der Waals surface area contributed by atoms with Crippen molar-refractivity contribution in [3.8, 4) is 0 Å². The van der Waals surface area contributed by atoms with Crippen molar-refractivity contribution in [3.63, 3.8) is 0 Å². The minimum absolute atomic E-state index is 0.138. The first-order valence-corrected chi connectivity index (χ1v) is 7.95. The van der Waals surface area contributed by atoms with Gasteiger partial charge in [0, 0.05) is 0 Å². The van der Waals surface area contributed by atoms with E-state index in [1.165, 1.54) is 11.1 Å². The van der Waals surface area contributed by atoms with Gasteiger partial charge in [-0.3, -0.25) is 0 Å². The van der Waals surface area contributed by atoms with E-state index in [4.69, 9.17) is 4.42 Å². The highest BCUT2D eigenvalue weighted by Crippen LogP contribution is 2.29. The van der Waals surface area contributed by atoms with Gasteiger partial charge >= 0.3 is 0 Å². The fourth-order valence-electron chi connectivity index (χ4n) is 2.46. The summed E-state index contributed by atoms with van der Waals surface area (Å²) in [7, 11) is 0. The molecule has 2 rings (SSSR count). The van der Waals surface area contributed by atoms with Gasteiger partial charge in [0.1, 0.15) is 5.76 Å². The number of nitrogens with one attached hydrogen (secondary N) is 1. The van der Waals surface area contributed by atoms with Crippen LogP contribution in [-0.2, 0) is 5.41 Å². The second-order valence-corrected chi connectivity index (χ2v) is 6.26. The molecule has 0 aliphatic carbocycles. The van der Waals surface area contributed by atoms with Crippen molar-refractivity contribution in [1.29, 1.82) is 0 Å². The molecule has 0 aliphatic heterocycles. The standard InChI is InChI=1S/C19H27NO/c1-5-13-20-18(17-8-7-14-21-17)15-9-11-16(12-10-15)19(3,4)6-2/h7-12,14,18,20H,5-6,13H2,1-4H3. The van der Waals surface area contributed by atoms with Crippen LogP contribution in [0.25, 0.3) is 0 Å². The Hall–Kier alpha value is -1.54. The lowest BCUT2D eigenvalue weighted by molar-refractivity contribution is 0.446. The minimum Gasteiger partial charge on any atom is -0.467 e. The molecule has 2 nitrogen and oxygen atoms in total. The Bertz CT molecular complexity index is 525. The quantitative estimate of drug-likeness (QED) is 0.769. The largest absolute Gasteiger partial charge is 0.467 e. The highest BCUT2D eigenvalue weighted by atomic mass is 16.3. The summed E-state index contributed by atoms with van der Waals surface area (Å²) in [5.74, 6) is 0.978. The van der Waals surface area contributed by atoms with Gasteiger partial charge in [-0.2, -0.15) is 0 Å². The average molecular weight is 285 g/mol. The Labute approximate surface area is 128 Å². The molecule has 114 valence electrons. The summed E-state index contributed by atoms with van der Waals surface area (Å²) >= 11 is 0. The van der Waals surface area contributed by atoms with E-state index in [-0.39, 0.29) is 11.5 Å². The molecule has 1 aromatic carbocycles. The molecule has 0 amide bonds. The lowest BCUT2D eigenvalue weighted by Gasteiger charge is -2.24. The van der Waals surface area contributed by atoms with Crippen LogP contribution in [-0.4, -0.2) is 6.54 Å². The fourth-order valence-corrected chi connectivity index (χ4v) is 2.46. The number of benzene rings is 1. The molecule has 1 unspecified atom stereocenters. The number of rotatable bonds is 7. The zero-order chi connectivity index (χ0) is 15.3. The van der Waals surface area contributed by atoms with E-state index in [2.05, 4.69) is 57.3 Å². The zero-order valence-electron chi connectivity index (χ0n) is 13.6. The first kappa shape index (κ1) is 15.8. The predicted octanol–water partition coefficient (Wildman–Crippen LogP) is 5.06. The molecule has 1 heterocycles. The second kappa shape index (κ2) is 6.95. The fraction of sp³-hybridized carbons (Fsp3) is 0.474. The Morgan fingerprint density at radius 3 is 2.33 bits per heavy atom. The van der Waals surface area contributed by atoms with Gasteiger partial charge in [-0.25, -0.2) is 0 Å². The van der Waals surface area contributed by atoms with Gasteiger partial charge in [0.25, 0.3) is 0 Å². The molecule has 2 aromatic rings. The molecule has 21 heavy (non-hydrogen) atoms. The van der Waals surface area contributed by atoms with Crippen LogP contribution in [0.15, 0.2) is 47.1 Å². The molecule has 0 aliphatic rings. The lowest BCUT2D eigenvalue weighted by Crippen LogP contribution is -2.23. The van der Waals surface area contributed by atoms with E-state index >= 15 is 0 Å². The highest BCUT2D eigenvalue weighted by molar-refractivity contribution is 5.32. The minimum atomic E-state index is 0.138. The molecular weight excluding hydrogens is 258 g/mol. The number of furan rings is 1. The molecule has 0 radical (unpaired) electrons. The summed E-state index contributed by atoms with van der Waals surface area (Å²) in [6, 6.07) is 13.1. The Morgan fingerprint density at radius 2 is 1.81 bits per heavy atom. The first-order chi connectivity index (χ1) is 10.1. The molecule has 1 aromatic heterocycles. The van der Waals surface area contributed by atoms with Crippen molar-refractivity contribution in [2.45, 2.75) is 52.0 Å². The molecule has 0 spiro atoms. The van der Waals surface area contributed by atoms with Crippen LogP contribution in [0.4, 0.5) is 0 Å². The van der Waals surface area contributed by atoms with Crippen molar-refractivity contribution >= 4 is 0 Å². The Morgan fingerprint density at radius 1 is 1.10 bits per heavy atom. The van der Waals surface area contributed by atoms with Crippen molar-refractivity contribution in [1.82, 2.24) is 5.32 Å². The summed E-state index contributed by atoms with van der Waals surface area (Å²) in [6.07, 6.45) is 3.99.